The molecule has 1 unspecified atom stereocenters. The normalized spacial score (nSPS) is 17.2. The number of amides is 2. The first kappa shape index (κ1) is 18.1. The Morgan fingerprint density at radius 1 is 1.44 bits per heavy atom. The molecule has 1 aromatic carbocycles. The Labute approximate surface area is 159 Å². The lowest BCUT2D eigenvalue weighted by atomic mass is 10.1. The zero-order valence-corrected chi connectivity index (χ0v) is 16.6. The van der Waals surface area contributed by atoms with Crippen molar-refractivity contribution in [2.24, 2.45) is 5.92 Å². The highest BCUT2D eigenvalue weighted by Gasteiger charge is 2.35. The van der Waals surface area contributed by atoms with Crippen molar-refractivity contribution >= 4 is 44.8 Å². The van der Waals surface area contributed by atoms with E-state index in [4.69, 9.17) is 0 Å². The molecule has 5 nitrogen and oxygen atoms in total. The summed E-state index contributed by atoms with van der Waals surface area (Å²) in [4.78, 5) is 30.8. The van der Waals surface area contributed by atoms with Crippen molar-refractivity contribution in [3.8, 4) is 0 Å². The van der Waals surface area contributed by atoms with Crippen LogP contribution in [0.3, 0.4) is 0 Å². The molecular formula is C18H20BrN3O2S. The topological polar surface area (TPSA) is 62.3 Å². The lowest BCUT2D eigenvalue weighted by Gasteiger charge is -2.17. The van der Waals surface area contributed by atoms with Crippen molar-refractivity contribution in [2.75, 3.05) is 18.0 Å². The second-order valence-electron chi connectivity index (χ2n) is 6.24. The van der Waals surface area contributed by atoms with Gasteiger partial charge in [-0.05, 0) is 37.6 Å². The van der Waals surface area contributed by atoms with E-state index >= 15 is 0 Å². The number of carbonyl (C=O) groups is 2. The van der Waals surface area contributed by atoms with Gasteiger partial charge in [-0.3, -0.25) is 9.59 Å². The number of rotatable bonds is 5. The predicted octanol–water partition coefficient (Wildman–Crippen LogP) is 3.23. The quantitative estimate of drug-likeness (QED) is 0.805. The molecule has 2 aromatic rings. The Kier molecular flexibility index (Phi) is 5.54. The van der Waals surface area contributed by atoms with Gasteiger partial charge in [0.25, 0.3) is 0 Å². The van der Waals surface area contributed by atoms with E-state index < -0.39 is 0 Å². The van der Waals surface area contributed by atoms with E-state index in [0.717, 1.165) is 26.4 Å². The van der Waals surface area contributed by atoms with Crippen molar-refractivity contribution in [1.82, 2.24) is 10.3 Å². The number of aromatic nitrogens is 1. The van der Waals surface area contributed by atoms with Crippen LogP contribution in [0.1, 0.15) is 22.7 Å². The van der Waals surface area contributed by atoms with Crippen molar-refractivity contribution < 1.29 is 9.59 Å². The summed E-state index contributed by atoms with van der Waals surface area (Å²) < 4.78 is 1.01. The fourth-order valence-electron chi connectivity index (χ4n) is 2.91. The number of nitrogens with one attached hydrogen (secondary N) is 1. The molecule has 1 atom stereocenters. The molecule has 2 heterocycles. The number of thiazole rings is 1. The van der Waals surface area contributed by atoms with Crippen LogP contribution in [0.4, 0.5) is 5.69 Å². The smallest absolute Gasteiger partial charge is 0.227 e. The summed E-state index contributed by atoms with van der Waals surface area (Å²) in [6.07, 6.45) is 0.975. The van der Waals surface area contributed by atoms with E-state index in [1.165, 1.54) is 0 Å². The van der Waals surface area contributed by atoms with Gasteiger partial charge in [0.15, 0.2) is 0 Å². The predicted molar refractivity (Wildman–Crippen MR) is 103 cm³/mol. The first-order chi connectivity index (χ1) is 11.9. The van der Waals surface area contributed by atoms with Crippen molar-refractivity contribution in [1.29, 1.82) is 0 Å². The molecule has 0 spiro atoms. The molecule has 1 aliphatic rings. The molecular weight excluding hydrogens is 402 g/mol. The average Bonchev–Trinajstić information content (AvgIpc) is 3.16. The Bertz CT molecular complexity index is 805. The van der Waals surface area contributed by atoms with Gasteiger partial charge in [-0.2, -0.15) is 0 Å². The Balaban J connectivity index is 1.56. The first-order valence-corrected chi connectivity index (χ1v) is 9.86. The molecule has 25 heavy (non-hydrogen) atoms. The number of benzene rings is 1. The van der Waals surface area contributed by atoms with Crippen LogP contribution in [0, 0.1) is 19.8 Å². The van der Waals surface area contributed by atoms with Crippen LogP contribution in [0.15, 0.2) is 28.1 Å². The Morgan fingerprint density at radius 2 is 2.24 bits per heavy atom. The molecule has 1 N–H and O–H groups in total. The number of nitrogens with zero attached hydrogens (tertiary/aromatic N) is 2. The Morgan fingerprint density at radius 3 is 2.92 bits per heavy atom. The number of aryl methyl sites for hydroxylation is 2. The van der Waals surface area contributed by atoms with E-state index in [1.54, 1.807) is 16.2 Å². The second kappa shape index (κ2) is 7.66. The van der Waals surface area contributed by atoms with E-state index in [9.17, 15) is 9.59 Å². The maximum absolute atomic E-state index is 12.4. The third-order valence-electron chi connectivity index (χ3n) is 4.30. The van der Waals surface area contributed by atoms with Crippen LogP contribution >= 0.6 is 27.3 Å². The molecule has 0 radical (unpaired) electrons. The van der Waals surface area contributed by atoms with Crippen molar-refractivity contribution in [3.63, 3.8) is 0 Å². The zero-order valence-electron chi connectivity index (χ0n) is 14.2. The average molecular weight is 422 g/mol. The summed E-state index contributed by atoms with van der Waals surface area (Å²) in [7, 11) is 0. The molecule has 1 fully saturated rings. The second-order valence-corrected chi connectivity index (χ2v) is 8.15. The van der Waals surface area contributed by atoms with Gasteiger partial charge in [-0.25, -0.2) is 4.98 Å². The third-order valence-corrected chi connectivity index (χ3v) is 6.01. The third kappa shape index (κ3) is 4.27. The van der Waals surface area contributed by atoms with E-state index in [0.29, 0.717) is 19.5 Å². The molecule has 1 aliphatic heterocycles. The summed E-state index contributed by atoms with van der Waals surface area (Å²) in [6.45, 7) is 4.93. The molecule has 0 bridgehead atoms. The lowest BCUT2D eigenvalue weighted by Crippen LogP contribution is -2.34. The van der Waals surface area contributed by atoms with Gasteiger partial charge in [0.1, 0.15) is 0 Å². The fraction of sp³-hybridized carbons (Fsp3) is 0.389. The van der Waals surface area contributed by atoms with Gasteiger partial charge >= 0.3 is 0 Å². The zero-order chi connectivity index (χ0) is 18.0. The van der Waals surface area contributed by atoms with Crippen LogP contribution in [0.5, 0.6) is 0 Å². The molecule has 2 amide bonds. The van der Waals surface area contributed by atoms with Gasteiger partial charge < -0.3 is 10.2 Å². The monoisotopic (exact) mass is 421 g/mol. The van der Waals surface area contributed by atoms with Crippen LogP contribution in [-0.2, 0) is 16.0 Å². The molecule has 7 heteroatoms. The highest BCUT2D eigenvalue weighted by molar-refractivity contribution is 9.10. The fourth-order valence-corrected chi connectivity index (χ4v) is 3.80. The standard InChI is InChI=1S/C18H20BrN3O2S/c1-11-7-15(3-4-16(11)19)22-9-13(8-17(22)23)18(24)20-6-5-14-10-25-12(2)21-14/h3-4,7,10,13H,5-6,8-9H2,1-2H3,(H,20,24). The van der Waals surface area contributed by atoms with Crippen molar-refractivity contribution in [2.45, 2.75) is 26.7 Å². The molecule has 132 valence electrons. The summed E-state index contributed by atoms with van der Waals surface area (Å²) in [5, 5.41) is 5.98. The lowest BCUT2D eigenvalue weighted by molar-refractivity contribution is -0.126. The molecule has 3 rings (SSSR count). The maximum Gasteiger partial charge on any atom is 0.227 e. The minimum atomic E-state index is -0.298. The highest BCUT2D eigenvalue weighted by Crippen LogP contribution is 2.28. The number of hydrogen-bond acceptors (Lipinski definition) is 4. The van der Waals surface area contributed by atoms with Crippen LogP contribution in [0.25, 0.3) is 0 Å². The first-order valence-electron chi connectivity index (χ1n) is 8.19. The summed E-state index contributed by atoms with van der Waals surface area (Å²) in [5.74, 6) is -0.359. The minimum absolute atomic E-state index is 0.00278. The largest absolute Gasteiger partial charge is 0.355 e. The molecule has 0 aliphatic carbocycles. The summed E-state index contributed by atoms with van der Waals surface area (Å²) >= 11 is 5.08. The highest BCUT2D eigenvalue weighted by atomic mass is 79.9. The maximum atomic E-state index is 12.4. The van der Waals surface area contributed by atoms with Gasteiger partial charge in [0, 0.05) is 41.5 Å². The van der Waals surface area contributed by atoms with Gasteiger partial charge in [0.05, 0.1) is 16.6 Å². The van der Waals surface area contributed by atoms with Gasteiger partial charge in [0.2, 0.25) is 11.8 Å². The van der Waals surface area contributed by atoms with Gasteiger partial charge in [-0.15, -0.1) is 11.3 Å². The summed E-state index contributed by atoms with van der Waals surface area (Å²) in [6, 6.07) is 5.80. The SMILES string of the molecule is Cc1nc(CCNC(=O)C2CC(=O)N(c3ccc(Br)c(C)c3)C2)cs1. The van der Waals surface area contributed by atoms with E-state index in [-0.39, 0.29) is 24.2 Å². The molecule has 1 aromatic heterocycles. The van der Waals surface area contributed by atoms with E-state index in [2.05, 4.69) is 26.2 Å². The van der Waals surface area contributed by atoms with E-state index in [1.807, 2.05) is 37.4 Å². The minimum Gasteiger partial charge on any atom is -0.355 e. The number of carbonyl (C=O) groups excluding carboxylic acids is 2. The molecule has 1 saturated heterocycles. The van der Waals surface area contributed by atoms with Gasteiger partial charge in [-0.1, -0.05) is 15.9 Å². The van der Waals surface area contributed by atoms with Crippen LogP contribution in [-0.4, -0.2) is 29.9 Å². The number of hydrogen-bond donors (Lipinski definition) is 1. The van der Waals surface area contributed by atoms with Crippen LogP contribution in [0.2, 0.25) is 0 Å². The van der Waals surface area contributed by atoms with Crippen molar-refractivity contribution in [3.05, 3.63) is 44.3 Å². The number of anilines is 1. The summed E-state index contributed by atoms with van der Waals surface area (Å²) in [5.41, 5.74) is 2.91. The molecule has 0 saturated carbocycles. The van der Waals surface area contributed by atoms with Crippen LogP contribution < -0.4 is 10.2 Å². The Hall–Kier alpha value is -1.73. The number of halogens is 1.